The summed E-state index contributed by atoms with van der Waals surface area (Å²) in [7, 11) is -1.96. The standard InChI is InChI=1S/C15H22O5S/c1-15(2,3)21(18,19)10-12(14(16)17)8-11-6-5-7-13(9-11)20-4/h5-7,9,12H,8,10H2,1-4H3,(H,16,17). The van der Waals surface area contributed by atoms with Crippen LogP contribution in [0.2, 0.25) is 0 Å². The zero-order valence-electron chi connectivity index (χ0n) is 12.8. The molecule has 0 amide bonds. The lowest BCUT2D eigenvalue weighted by Gasteiger charge is -2.22. The zero-order valence-corrected chi connectivity index (χ0v) is 13.6. The molecule has 0 heterocycles. The molecule has 1 aromatic rings. The SMILES string of the molecule is COc1cccc(CC(CS(=O)(=O)C(C)(C)C)C(=O)O)c1. The first-order valence-corrected chi connectivity index (χ1v) is 8.30. The first-order chi connectivity index (χ1) is 9.56. The van der Waals surface area contributed by atoms with E-state index < -0.39 is 26.5 Å². The summed E-state index contributed by atoms with van der Waals surface area (Å²) in [5.74, 6) is -1.83. The molecular formula is C15H22O5S. The van der Waals surface area contributed by atoms with E-state index in [0.29, 0.717) is 5.75 Å². The van der Waals surface area contributed by atoms with Crippen molar-refractivity contribution in [1.82, 2.24) is 0 Å². The van der Waals surface area contributed by atoms with Gasteiger partial charge in [-0.3, -0.25) is 4.79 Å². The number of rotatable bonds is 6. The predicted molar refractivity (Wildman–Crippen MR) is 81.4 cm³/mol. The van der Waals surface area contributed by atoms with Crippen LogP contribution in [-0.4, -0.2) is 37.1 Å². The molecule has 0 aliphatic heterocycles. The number of methoxy groups -OCH3 is 1. The molecule has 0 spiro atoms. The number of carboxylic acids is 1. The van der Waals surface area contributed by atoms with Crippen LogP contribution in [0.4, 0.5) is 0 Å². The van der Waals surface area contributed by atoms with Crippen LogP contribution in [0.15, 0.2) is 24.3 Å². The highest BCUT2D eigenvalue weighted by Crippen LogP contribution is 2.22. The normalized spacial score (nSPS) is 13.7. The van der Waals surface area contributed by atoms with Gasteiger partial charge in [-0.15, -0.1) is 0 Å². The van der Waals surface area contributed by atoms with Crippen molar-refractivity contribution in [2.24, 2.45) is 5.92 Å². The third-order valence-corrected chi connectivity index (χ3v) is 6.03. The van der Waals surface area contributed by atoms with Crippen LogP contribution in [0.1, 0.15) is 26.3 Å². The van der Waals surface area contributed by atoms with E-state index >= 15 is 0 Å². The van der Waals surface area contributed by atoms with Gasteiger partial charge in [0.1, 0.15) is 5.75 Å². The number of ether oxygens (including phenoxy) is 1. The Balaban J connectivity index is 2.96. The quantitative estimate of drug-likeness (QED) is 0.870. The molecule has 0 bridgehead atoms. The number of carbonyl (C=O) groups is 1. The fraction of sp³-hybridized carbons (Fsp3) is 0.533. The molecule has 0 radical (unpaired) electrons. The second-order valence-electron chi connectivity index (χ2n) is 5.98. The molecule has 0 aliphatic rings. The maximum atomic E-state index is 12.2. The summed E-state index contributed by atoms with van der Waals surface area (Å²) in [4.78, 5) is 11.4. The fourth-order valence-electron chi connectivity index (χ4n) is 1.82. The average molecular weight is 314 g/mol. The molecule has 1 rings (SSSR count). The molecule has 5 nitrogen and oxygen atoms in total. The van der Waals surface area contributed by atoms with Gasteiger partial charge >= 0.3 is 5.97 Å². The Bertz CT molecular complexity index is 599. The minimum absolute atomic E-state index is 0.155. The monoisotopic (exact) mass is 314 g/mol. The van der Waals surface area contributed by atoms with E-state index in [1.807, 2.05) is 0 Å². The Kier molecular flexibility index (Phi) is 5.39. The topological polar surface area (TPSA) is 80.7 Å². The molecule has 118 valence electrons. The molecule has 1 unspecified atom stereocenters. The van der Waals surface area contributed by atoms with Crippen molar-refractivity contribution in [1.29, 1.82) is 0 Å². The summed E-state index contributed by atoms with van der Waals surface area (Å²) in [6, 6.07) is 7.00. The van der Waals surface area contributed by atoms with Gasteiger partial charge in [-0.25, -0.2) is 8.42 Å². The van der Waals surface area contributed by atoms with Crippen LogP contribution in [0, 0.1) is 5.92 Å². The van der Waals surface area contributed by atoms with Crippen LogP contribution >= 0.6 is 0 Å². The minimum Gasteiger partial charge on any atom is -0.497 e. The van der Waals surface area contributed by atoms with Gasteiger partial charge in [0.05, 0.1) is 23.5 Å². The average Bonchev–Trinajstić information content (AvgIpc) is 2.36. The van der Waals surface area contributed by atoms with E-state index in [1.54, 1.807) is 45.0 Å². The molecule has 0 fully saturated rings. The van der Waals surface area contributed by atoms with Gasteiger partial charge in [-0.05, 0) is 44.9 Å². The van der Waals surface area contributed by atoms with Gasteiger partial charge in [-0.2, -0.15) is 0 Å². The molecular weight excluding hydrogens is 292 g/mol. The lowest BCUT2D eigenvalue weighted by molar-refractivity contribution is -0.140. The third-order valence-electron chi connectivity index (χ3n) is 3.32. The summed E-state index contributed by atoms with van der Waals surface area (Å²) >= 11 is 0. The number of hydrogen-bond donors (Lipinski definition) is 1. The highest BCUT2D eigenvalue weighted by Gasteiger charge is 2.34. The highest BCUT2D eigenvalue weighted by atomic mass is 32.2. The Morgan fingerprint density at radius 3 is 2.43 bits per heavy atom. The van der Waals surface area contributed by atoms with Crippen molar-refractivity contribution in [3.8, 4) is 5.75 Å². The summed E-state index contributed by atoms with van der Waals surface area (Å²) < 4.78 is 28.5. The summed E-state index contributed by atoms with van der Waals surface area (Å²) in [5, 5.41) is 9.29. The number of hydrogen-bond acceptors (Lipinski definition) is 4. The summed E-state index contributed by atoms with van der Waals surface area (Å²) in [5.41, 5.74) is 0.742. The van der Waals surface area contributed by atoms with Crippen LogP contribution in [-0.2, 0) is 21.1 Å². The fourth-order valence-corrected chi connectivity index (χ4v) is 3.11. The molecule has 0 saturated carbocycles. The van der Waals surface area contributed by atoms with Crippen molar-refractivity contribution < 1.29 is 23.1 Å². The number of aliphatic carboxylic acids is 1. The number of sulfone groups is 1. The van der Waals surface area contributed by atoms with Crippen molar-refractivity contribution in [2.45, 2.75) is 31.9 Å². The third kappa shape index (κ3) is 4.74. The Morgan fingerprint density at radius 1 is 1.33 bits per heavy atom. The second kappa shape index (κ2) is 6.47. The van der Waals surface area contributed by atoms with E-state index in [4.69, 9.17) is 4.74 Å². The summed E-state index contributed by atoms with van der Waals surface area (Å²) in [6.45, 7) is 4.73. The molecule has 0 aromatic heterocycles. The maximum absolute atomic E-state index is 12.2. The first kappa shape index (κ1) is 17.5. The minimum atomic E-state index is -3.49. The van der Waals surface area contributed by atoms with Gasteiger partial charge in [0, 0.05) is 0 Å². The van der Waals surface area contributed by atoms with E-state index in [-0.39, 0.29) is 12.2 Å². The van der Waals surface area contributed by atoms with E-state index in [1.165, 1.54) is 7.11 Å². The van der Waals surface area contributed by atoms with E-state index in [9.17, 15) is 18.3 Å². The van der Waals surface area contributed by atoms with Gasteiger partial charge in [0.25, 0.3) is 0 Å². The van der Waals surface area contributed by atoms with Crippen LogP contribution in [0.3, 0.4) is 0 Å². The van der Waals surface area contributed by atoms with E-state index in [2.05, 4.69) is 0 Å². The lowest BCUT2D eigenvalue weighted by atomic mass is 10.0. The lowest BCUT2D eigenvalue weighted by Crippen LogP contribution is -2.36. The van der Waals surface area contributed by atoms with Crippen molar-refractivity contribution in [2.75, 3.05) is 12.9 Å². The van der Waals surface area contributed by atoms with Crippen LogP contribution < -0.4 is 4.74 Å². The molecule has 6 heteroatoms. The molecule has 1 N–H and O–H groups in total. The zero-order chi connectivity index (χ0) is 16.3. The maximum Gasteiger partial charge on any atom is 0.307 e. The Labute approximate surface area is 125 Å². The summed E-state index contributed by atoms with van der Waals surface area (Å²) in [6.07, 6.45) is 0.155. The highest BCUT2D eigenvalue weighted by molar-refractivity contribution is 7.92. The first-order valence-electron chi connectivity index (χ1n) is 6.65. The van der Waals surface area contributed by atoms with Gasteiger partial charge in [0.2, 0.25) is 0 Å². The van der Waals surface area contributed by atoms with Crippen LogP contribution in [0.5, 0.6) is 5.75 Å². The van der Waals surface area contributed by atoms with Gasteiger partial charge in [0.15, 0.2) is 9.84 Å². The van der Waals surface area contributed by atoms with E-state index in [0.717, 1.165) is 5.56 Å². The number of benzene rings is 1. The largest absolute Gasteiger partial charge is 0.497 e. The second-order valence-corrected chi connectivity index (χ2v) is 8.77. The molecule has 1 atom stereocenters. The van der Waals surface area contributed by atoms with Gasteiger partial charge in [-0.1, -0.05) is 12.1 Å². The smallest absolute Gasteiger partial charge is 0.307 e. The number of carboxylic acid groups (broad SMARTS) is 1. The molecule has 21 heavy (non-hydrogen) atoms. The van der Waals surface area contributed by atoms with Crippen molar-refractivity contribution >= 4 is 15.8 Å². The van der Waals surface area contributed by atoms with Gasteiger partial charge < -0.3 is 9.84 Å². The van der Waals surface area contributed by atoms with Crippen molar-refractivity contribution in [3.05, 3.63) is 29.8 Å². The van der Waals surface area contributed by atoms with Crippen LogP contribution in [0.25, 0.3) is 0 Å². The Morgan fingerprint density at radius 2 is 1.95 bits per heavy atom. The van der Waals surface area contributed by atoms with Crippen molar-refractivity contribution in [3.63, 3.8) is 0 Å². The molecule has 0 aliphatic carbocycles. The predicted octanol–water partition coefficient (Wildman–Crippen LogP) is 2.15. The molecule has 1 aromatic carbocycles. The molecule has 0 saturated heterocycles. The Hall–Kier alpha value is -1.56.